The van der Waals surface area contributed by atoms with Crippen LogP contribution in [0.2, 0.25) is 0 Å². The summed E-state index contributed by atoms with van der Waals surface area (Å²) < 4.78 is 48.0. The van der Waals surface area contributed by atoms with E-state index in [4.69, 9.17) is 9.47 Å². The van der Waals surface area contributed by atoms with E-state index in [1.807, 2.05) is 0 Å². The molecule has 6 heteroatoms. The predicted octanol–water partition coefficient (Wildman–Crippen LogP) is 4.39. The van der Waals surface area contributed by atoms with Crippen LogP contribution in [0.3, 0.4) is 0 Å². The molecule has 2 aromatic carbocycles. The fourth-order valence-corrected chi connectivity index (χ4v) is 2.08. The van der Waals surface area contributed by atoms with E-state index >= 15 is 0 Å². The van der Waals surface area contributed by atoms with Gasteiger partial charge < -0.3 is 9.47 Å². The van der Waals surface area contributed by atoms with Gasteiger partial charge in [0.05, 0.1) is 18.6 Å². The topological polar surface area (TPSA) is 35.5 Å². The summed E-state index contributed by atoms with van der Waals surface area (Å²) in [4.78, 5) is 11.5. The van der Waals surface area contributed by atoms with Crippen molar-refractivity contribution in [2.45, 2.75) is 26.1 Å². The normalized spacial score (nSPS) is 11.2. The average Bonchev–Trinajstić information content (AvgIpc) is 2.53. The molecule has 0 amide bonds. The van der Waals surface area contributed by atoms with Gasteiger partial charge in [0.2, 0.25) is 0 Å². The predicted molar refractivity (Wildman–Crippen MR) is 82.6 cm³/mol. The quantitative estimate of drug-likeness (QED) is 0.733. The second kappa shape index (κ2) is 7.86. The highest BCUT2D eigenvalue weighted by Gasteiger charge is 2.29. The number of hydrogen-bond acceptors (Lipinski definition) is 3. The maximum absolute atomic E-state index is 12.5. The van der Waals surface area contributed by atoms with Crippen LogP contribution < -0.4 is 4.74 Å². The fraction of sp³-hybridized carbons (Fsp3) is 0.278. The summed E-state index contributed by atoms with van der Waals surface area (Å²) in [6.45, 7) is 2.20. The number of carbonyl (C=O) groups is 1. The van der Waals surface area contributed by atoms with Gasteiger partial charge >= 0.3 is 12.1 Å². The summed E-state index contributed by atoms with van der Waals surface area (Å²) in [5.41, 5.74) is 0.680. The lowest BCUT2D eigenvalue weighted by Gasteiger charge is -2.10. The van der Waals surface area contributed by atoms with Crippen LogP contribution in [0.5, 0.6) is 5.75 Å². The Bertz CT molecular complexity index is 679. The molecule has 0 aliphatic rings. The first kappa shape index (κ1) is 17.8. The molecule has 0 fully saturated rings. The lowest BCUT2D eigenvalue weighted by Crippen LogP contribution is -2.07. The van der Waals surface area contributed by atoms with Crippen LogP contribution in [0.15, 0.2) is 48.5 Å². The van der Waals surface area contributed by atoms with E-state index in [9.17, 15) is 18.0 Å². The van der Waals surface area contributed by atoms with Crippen molar-refractivity contribution in [3.8, 4) is 5.75 Å². The molecular weight excluding hydrogens is 321 g/mol. The summed E-state index contributed by atoms with van der Waals surface area (Å²) >= 11 is 0. The molecular formula is C18H17F3O3. The Balaban J connectivity index is 1.95. The first-order valence-electron chi connectivity index (χ1n) is 7.42. The van der Waals surface area contributed by atoms with Crippen LogP contribution in [0, 0.1) is 0 Å². The van der Waals surface area contributed by atoms with Crippen molar-refractivity contribution >= 4 is 5.97 Å². The van der Waals surface area contributed by atoms with Gasteiger partial charge in [0.1, 0.15) is 12.4 Å². The molecule has 0 saturated carbocycles. The first-order chi connectivity index (χ1) is 11.4. The fourth-order valence-electron chi connectivity index (χ4n) is 2.08. The number of ether oxygens (including phenoxy) is 2. The maximum Gasteiger partial charge on any atom is 0.416 e. The van der Waals surface area contributed by atoms with Crippen molar-refractivity contribution in [2.24, 2.45) is 0 Å². The monoisotopic (exact) mass is 338 g/mol. The van der Waals surface area contributed by atoms with Gasteiger partial charge in [0.15, 0.2) is 0 Å². The molecule has 0 aromatic heterocycles. The molecule has 2 rings (SSSR count). The summed E-state index contributed by atoms with van der Waals surface area (Å²) in [5.74, 6) is 0.217. The van der Waals surface area contributed by atoms with Crippen LogP contribution in [-0.4, -0.2) is 12.6 Å². The Labute approximate surface area is 138 Å². The number of halogens is 3. The number of carbonyl (C=O) groups excluding carboxylic acids is 1. The highest BCUT2D eigenvalue weighted by Crippen LogP contribution is 2.29. The van der Waals surface area contributed by atoms with Gasteiger partial charge in [-0.05, 0) is 42.3 Å². The summed E-state index contributed by atoms with van der Waals surface area (Å²) in [6.07, 6.45) is -4.20. The Morgan fingerprint density at radius 1 is 1.04 bits per heavy atom. The van der Waals surface area contributed by atoms with Crippen molar-refractivity contribution in [3.05, 3.63) is 65.2 Å². The third kappa shape index (κ3) is 5.30. The second-order valence-electron chi connectivity index (χ2n) is 5.11. The molecule has 24 heavy (non-hydrogen) atoms. The molecule has 128 valence electrons. The van der Waals surface area contributed by atoms with Gasteiger partial charge in [0.25, 0.3) is 0 Å². The Morgan fingerprint density at radius 2 is 1.75 bits per heavy atom. The van der Waals surface area contributed by atoms with E-state index in [0.717, 1.165) is 17.7 Å². The largest absolute Gasteiger partial charge is 0.489 e. The van der Waals surface area contributed by atoms with E-state index in [1.54, 1.807) is 31.2 Å². The van der Waals surface area contributed by atoms with Crippen LogP contribution >= 0.6 is 0 Å². The summed E-state index contributed by atoms with van der Waals surface area (Å²) in [5, 5.41) is 0. The summed E-state index contributed by atoms with van der Waals surface area (Å²) in [7, 11) is 0. The minimum atomic E-state index is -4.35. The minimum absolute atomic E-state index is 0.140. The maximum atomic E-state index is 12.5. The number of hydrogen-bond donors (Lipinski definition) is 0. The molecule has 0 aliphatic heterocycles. The Hall–Kier alpha value is -2.50. The Morgan fingerprint density at radius 3 is 2.38 bits per heavy atom. The third-order valence-electron chi connectivity index (χ3n) is 3.24. The highest BCUT2D eigenvalue weighted by atomic mass is 19.4. The lowest BCUT2D eigenvalue weighted by atomic mass is 10.1. The molecule has 0 atom stereocenters. The van der Waals surface area contributed by atoms with Gasteiger partial charge in [-0.15, -0.1) is 0 Å². The first-order valence-corrected chi connectivity index (χ1v) is 7.42. The average molecular weight is 338 g/mol. The van der Waals surface area contributed by atoms with Gasteiger partial charge in [-0.1, -0.05) is 24.3 Å². The molecule has 0 bridgehead atoms. The molecule has 0 saturated heterocycles. The van der Waals surface area contributed by atoms with Crippen molar-refractivity contribution in [3.63, 3.8) is 0 Å². The zero-order valence-electron chi connectivity index (χ0n) is 13.1. The number of alkyl halides is 3. The minimum Gasteiger partial charge on any atom is -0.489 e. The van der Waals surface area contributed by atoms with E-state index in [2.05, 4.69) is 0 Å². The zero-order valence-corrected chi connectivity index (χ0v) is 13.1. The second-order valence-corrected chi connectivity index (χ2v) is 5.11. The molecule has 0 aliphatic carbocycles. The van der Waals surface area contributed by atoms with Crippen LogP contribution in [-0.2, 0) is 28.7 Å². The zero-order chi connectivity index (χ0) is 17.6. The lowest BCUT2D eigenvalue weighted by molar-refractivity contribution is -0.142. The number of rotatable bonds is 6. The van der Waals surface area contributed by atoms with Gasteiger partial charge in [-0.25, -0.2) is 0 Å². The molecule has 0 radical (unpaired) electrons. The molecule has 0 heterocycles. The van der Waals surface area contributed by atoms with Gasteiger partial charge in [-0.2, -0.15) is 13.2 Å². The van der Waals surface area contributed by atoms with Crippen LogP contribution in [0.1, 0.15) is 23.6 Å². The van der Waals surface area contributed by atoms with E-state index in [1.165, 1.54) is 12.1 Å². The van der Waals surface area contributed by atoms with E-state index < -0.39 is 11.7 Å². The Kier molecular flexibility index (Phi) is 5.84. The summed E-state index contributed by atoms with van der Waals surface area (Å²) in [6, 6.07) is 11.8. The molecule has 0 unspecified atom stereocenters. The molecule has 2 aromatic rings. The van der Waals surface area contributed by atoms with Gasteiger partial charge in [-0.3, -0.25) is 4.79 Å². The van der Waals surface area contributed by atoms with E-state index in [0.29, 0.717) is 17.9 Å². The van der Waals surface area contributed by atoms with Crippen LogP contribution in [0.4, 0.5) is 13.2 Å². The van der Waals surface area contributed by atoms with Crippen molar-refractivity contribution in [1.82, 2.24) is 0 Å². The van der Waals surface area contributed by atoms with Crippen molar-refractivity contribution in [2.75, 3.05) is 6.61 Å². The molecule has 3 nitrogen and oxygen atoms in total. The standard InChI is InChI=1S/C18H17F3O3/c1-2-23-17(22)11-14-4-3-5-16(10-14)24-12-13-6-8-15(9-7-13)18(19,20)21/h3-10H,2,11-12H2,1H3. The van der Waals surface area contributed by atoms with E-state index in [-0.39, 0.29) is 19.0 Å². The number of benzene rings is 2. The van der Waals surface area contributed by atoms with Crippen LogP contribution in [0.25, 0.3) is 0 Å². The smallest absolute Gasteiger partial charge is 0.416 e. The van der Waals surface area contributed by atoms with Crippen molar-refractivity contribution < 1.29 is 27.4 Å². The molecule has 0 N–H and O–H groups in total. The SMILES string of the molecule is CCOC(=O)Cc1cccc(OCc2ccc(C(F)(F)F)cc2)c1. The van der Waals surface area contributed by atoms with Gasteiger partial charge in [0, 0.05) is 0 Å². The van der Waals surface area contributed by atoms with Crippen molar-refractivity contribution in [1.29, 1.82) is 0 Å². The third-order valence-corrected chi connectivity index (χ3v) is 3.24. The number of esters is 1. The highest BCUT2D eigenvalue weighted by molar-refractivity contribution is 5.72. The molecule has 0 spiro atoms.